The molecule has 4 heteroatoms. The van der Waals surface area contributed by atoms with Crippen molar-refractivity contribution in [2.24, 2.45) is 0 Å². The fourth-order valence-corrected chi connectivity index (χ4v) is 3.90. The highest BCUT2D eigenvalue weighted by Crippen LogP contribution is 2.15. The molecule has 0 spiro atoms. The Morgan fingerprint density at radius 3 is 1.53 bits per heavy atom. The number of ether oxygens (including phenoxy) is 1. The minimum atomic E-state index is -0.950. The molecule has 2 atom stereocenters. The van der Waals surface area contributed by atoms with Crippen molar-refractivity contribution in [1.82, 2.24) is 0 Å². The number of aliphatic hydroxyl groups is 2. The number of carbonyl (C=O) groups is 1. The van der Waals surface area contributed by atoms with Gasteiger partial charge in [-0.3, -0.25) is 0 Å². The molecule has 180 valence electrons. The predicted molar refractivity (Wildman–Crippen MR) is 127 cm³/mol. The summed E-state index contributed by atoms with van der Waals surface area (Å²) in [6, 6.07) is 0. The van der Waals surface area contributed by atoms with Crippen LogP contribution < -0.4 is 0 Å². The molecule has 30 heavy (non-hydrogen) atoms. The molecule has 0 saturated carbocycles. The van der Waals surface area contributed by atoms with E-state index in [2.05, 4.69) is 6.92 Å². The van der Waals surface area contributed by atoms with Gasteiger partial charge in [-0.2, -0.15) is 0 Å². The van der Waals surface area contributed by atoms with Crippen LogP contribution in [-0.4, -0.2) is 35.0 Å². The normalized spacial score (nSPS) is 13.3. The zero-order chi connectivity index (χ0) is 22.3. The summed E-state index contributed by atoms with van der Waals surface area (Å²) in [7, 11) is 0. The van der Waals surface area contributed by atoms with Gasteiger partial charge in [0.2, 0.25) is 0 Å². The lowest BCUT2D eigenvalue weighted by atomic mass is 10.0. The van der Waals surface area contributed by atoms with Crippen LogP contribution in [0.3, 0.4) is 0 Å². The first kappa shape index (κ1) is 29.4. The Morgan fingerprint density at radius 2 is 1.10 bits per heavy atom. The lowest BCUT2D eigenvalue weighted by molar-refractivity contribution is -0.160. The fraction of sp³-hybridized carbons (Fsp3) is 0.962. The maximum Gasteiger partial charge on any atom is 0.335 e. The molecule has 0 aliphatic carbocycles. The number of carbonyl (C=O) groups excluding carboxylic acids is 1. The van der Waals surface area contributed by atoms with Crippen LogP contribution in [0.25, 0.3) is 0 Å². The van der Waals surface area contributed by atoms with Gasteiger partial charge in [-0.25, -0.2) is 4.79 Å². The summed E-state index contributed by atoms with van der Waals surface area (Å²) < 4.78 is 5.48. The number of aliphatic hydroxyl groups excluding tert-OH is 2. The first-order valence-electron chi connectivity index (χ1n) is 13.1. The van der Waals surface area contributed by atoms with Gasteiger partial charge < -0.3 is 14.9 Å². The lowest BCUT2D eigenvalue weighted by Crippen LogP contribution is -2.27. The molecule has 2 N–H and O–H groups in total. The molecule has 0 aromatic heterocycles. The second kappa shape index (κ2) is 23.1. The largest absolute Gasteiger partial charge is 0.460 e. The van der Waals surface area contributed by atoms with Crippen molar-refractivity contribution in [3.05, 3.63) is 0 Å². The molecular weight excluding hydrogens is 376 g/mol. The Kier molecular flexibility index (Phi) is 22.6. The van der Waals surface area contributed by atoms with Crippen LogP contribution >= 0.6 is 0 Å². The van der Waals surface area contributed by atoms with Gasteiger partial charge in [0.15, 0.2) is 6.10 Å². The molecule has 0 aliphatic heterocycles. The highest BCUT2D eigenvalue weighted by atomic mass is 16.6. The molecule has 4 nitrogen and oxygen atoms in total. The van der Waals surface area contributed by atoms with Crippen molar-refractivity contribution in [1.29, 1.82) is 0 Å². The van der Waals surface area contributed by atoms with E-state index in [1.54, 1.807) is 0 Å². The topological polar surface area (TPSA) is 66.8 Å². The molecule has 0 radical (unpaired) electrons. The van der Waals surface area contributed by atoms with Gasteiger partial charge in [0.05, 0.1) is 0 Å². The van der Waals surface area contributed by atoms with Gasteiger partial charge in [0.25, 0.3) is 0 Å². The molecule has 0 rings (SSSR count). The standard InChI is InChI=1S/C26H52O4/c1-3-5-18-21-24(4-2)30-26(29)25(28)22-19-16-14-12-10-8-6-7-9-11-13-15-17-20-23-27/h24-25,27-28H,3-23H2,1-2H3. The minimum absolute atomic E-state index is 0.0371. The molecule has 0 heterocycles. The van der Waals surface area contributed by atoms with Crippen LogP contribution in [0.4, 0.5) is 0 Å². The van der Waals surface area contributed by atoms with Gasteiger partial charge in [-0.1, -0.05) is 110 Å². The molecule has 0 aromatic carbocycles. The molecule has 2 unspecified atom stereocenters. The van der Waals surface area contributed by atoms with Crippen LogP contribution in [0.2, 0.25) is 0 Å². The first-order valence-corrected chi connectivity index (χ1v) is 13.1. The summed E-state index contributed by atoms with van der Waals surface area (Å²) in [5.41, 5.74) is 0. The smallest absolute Gasteiger partial charge is 0.335 e. The third-order valence-electron chi connectivity index (χ3n) is 6.03. The molecule has 0 saturated heterocycles. The summed E-state index contributed by atoms with van der Waals surface area (Å²) in [5.74, 6) is -0.424. The van der Waals surface area contributed by atoms with E-state index < -0.39 is 12.1 Å². The number of hydrogen-bond acceptors (Lipinski definition) is 4. The number of rotatable bonds is 23. The van der Waals surface area contributed by atoms with E-state index in [0.717, 1.165) is 38.5 Å². The number of unbranched alkanes of at least 4 members (excludes halogenated alkanes) is 15. The molecule has 0 aromatic rings. The molecule has 0 amide bonds. The molecular formula is C26H52O4. The third kappa shape index (κ3) is 19.4. The lowest BCUT2D eigenvalue weighted by Gasteiger charge is -2.18. The Balaban J connectivity index is 3.45. The maximum absolute atomic E-state index is 12.0. The van der Waals surface area contributed by atoms with E-state index in [1.807, 2.05) is 6.92 Å². The Hall–Kier alpha value is -0.610. The second-order valence-corrected chi connectivity index (χ2v) is 8.94. The Labute approximate surface area is 187 Å². The van der Waals surface area contributed by atoms with Crippen molar-refractivity contribution >= 4 is 5.97 Å². The third-order valence-corrected chi connectivity index (χ3v) is 6.03. The number of hydrogen-bond donors (Lipinski definition) is 2. The fourth-order valence-electron chi connectivity index (χ4n) is 3.90. The Bertz CT molecular complexity index is 359. The summed E-state index contributed by atoms with van der Waals surface area (Å²) in [4.78, 5) is 12.0. The average molecular weight is 429 g/mol. The van der Waals surface area contributed by atoms with E-state index in [-0.39, 0.29) is 6.10 Å². The summed E-state index contributed by atoms with van der Waals surface area (Å²) in [6.45, 7) is 4.55. The van der Waals surface area contributed by atoms with Crippen LogP contribution in [0.1, 0.15) is 142 Å². The van der Waals surface area contributed by atoms with E-state index in [4.69, 9.17) is 9.84 Å². The maximum atomic E-state index is 12.0. The average Bonchev–Trinajstić information content (AvgIpc) is 2.75. The predicted octanol–water partition coefficient (Wildman–Crippen LogP) is 7.09. The van der Waals surface area contributed by atoms with Crippen LogP contribution in [0, 0.1) is 0 Å². The van der Waals surface area contributed by atoms with E-state index in [9.17, 15) is 9.90 Å². The quantitative estimate of drug-likeness (QED) is 0.135. The molecule has 0 fully saturated rings. The van der Waals surface area contributed by atoms with Crippen molar-refractivity contribution < 1.29 is 19.7 Å². The van der Waals surface area contributed by atoms with Gasteiger partial charge in [0, 0.05) is 6.61 Å². The number of esters is 1. The summed E-state index contributed by atoms with van der Waals surface area (Å²) in [5, 5.41) is 18.8. The minimum Gasteiger partial charge on any atom is -0.460 e. The van der Waals surface area contributed by atoms with Crippen molar-refractivity contribution in [3.8, 4) is 0 Å². The van der Waals surface area contributed by atoms with Gasteiger partial charge in [-0.15, -0.1) is 0 Å². The zero-order valence-corrected chi connectivity index (χ0v) is 20.2. The molecule has 0 bridgehead atoms. The van der Waals surface area contributed by atoms with E-state index in [0.29, 0.717) is 13.0 Å². The highest BCUT2D eigenvalue weighted by molar-refractivity contribution is 5.74. The van der Waals surface area contributed by atoms with E-state index >= 15 is 0 Å². The Morgan fingerprint density at radius 1 is 0.667 bits per heavy atom. The van der Waals surface area contributed by atoms with Crippen molar-refractivity contribution in [2.45, 2.75) is 154 Å². The van der Waals surface area contributed by atoms with Crippen LogP contribution in [0.15, 0.2) is 0 Å². The zero-order valence-electron chi connectivity index (χ0n) is 20.2. The first-order chi connectivity index (χ1) is 14.7. The van der Waals surface area contributed by atoms with Crippen molar-refractivity contribution in [3.63, 3.8) is 0 Å². The summed E-state index contributed by atoms with van der Waals surface area (Å²) >= 11 is 0. The van der Waals surface area contributed by atoms with Crippen LogP contribution in [-0.2, 0) is 9.53 Å². The van der Waals surface area contributed by atoms with Crippen molar-refractivity contribution in [2.75, 3.05) is 6.61 Å². The van der Waals surface area contributed by atoms with Gasteiger partial charge in [0.1, 0.15) is 6.10 Å². The van der Waals surface area contributed by atoms with E-state index in [1.165, 1.54) is 83.5 Å². The highest BCUT2D eigenvalue weighted by Gasteiger charge is 2.20. The van der Waals surface area contributed by atoms with Crippen LogP contribution in [0.5, 0.6) is 0 Å². The second-order valence-electron chi connectivity index (χ2n) is 8.94. The van der Waals surface area contributed by atoms with Gasteiger partial charge in [-0.05, 0) is 32.1 Å². The monoisotopic (exact) mass is 428 g/mol. The van der Waals surface area contributed by atoms with Gasteiger partial charge >= 0.3 is 5.97 Å². The summed E-state index contributed by atoms with van der Waals surface area (Å²) in [6.07, 6.45) is 21.9. The molecule has 0 aliphatic rings. The SMILES string of the molecule is CCCCCC(CC)OC(=O)C(O)CCCCCCCCCCCCCCCCO.